The second-order valence-corrected chi connectivity index (χ2v) is 4.28. The lowest BCUT2D eigenvalue weighted by Crippen LogP contribution is -2.50. The Balaban J connectivity index is 5.42. The number of rotatable bonds is 3. The summed E-state index contributed by atoms with van der Waals surface area (Å²) in [7, 11) is -6.73. The Labute approximate surface area is 77.8 Å². The molecule has 0 saturated carbocycles. The van der Waals surface area contributed by atoms with Crippen LogP contribution in [0.15, 0.2) is 0 Å². The largest absolute Gasteiger partial charge is 0.414 e. The van der Waals surface area contributed by atoms with Crippen molar-refractivity contribution in [3.05, 3.63) is 0 Å². The van der Waals surface area contributed by atoms with E-state index in [-0.39, 0.29) is 0 Å². The smallest absolute Gasteiger partial charge is 0.320 e. The molecule has 0 bridgehead atoms. The molecule has 0 aromatic rings. The van der Waals surface area contributed by atoms with Crippen LogP contribution in [0.25, 0.3) is 0 Å². The van der Waals surface area contributed by atoms with Gasteiger partial charge in [-0.25, -0.2) is 0 Å². The van der Waals surface area contributed by atoms with Gasteiger partial charge in [-0.1, -0.05) is 0 Å². The van der Waals surface area contributed by atoms with Crippen molar-refractivity contribution in [1.82, 2.24) is 0 Å². The summed E-state index contributed by atoms with van der Waals surface area (Å²) in [5.41, 5.74) is -6.23. The first-order chi connectivity index (χ1) is 5.75. The van der Waals surface area contributed by atoms with E-state index in [4.69, 9.17) is 9.79 Å². The van der Waals surface area contributed by atoms with Gasteiger partial charge in [0.2, 0.25) is 0 Å². The SMILES string of the molecule is O=P(O)(O)C(F)(F)C(F)(F)C(F)(F)Cl. The average molecular weight is 266 g/mol. The van der Waals surface area contributed by atoms with E-state index in [0.717, 1.165) is 0 Å². The zero-order valence-corrected chi connectivity index (χ0v) is 7.55. The molecule has 0 amide bonds. The molecule has 0 aliphatic heterocycles. The van der Waals surface area contributed by atoms with Crippen LogP contribution in [-0.2, 0) is 4.57 Å². The fourth-order valence-corrected chi connectivity index (χ4v) is 1.04. The number of hydrogen-bond acceptors (Lipinski definition) is 1. The average Bonchev–Trinajstić information content (AvgIpc) is 1.81. The van der Waals surface area contributed by atoms with E-state index in [1.54, 1.807) is 0 Å². The first kappa shape index (κ1) is 14.0. The second-order valence-electron chi connectivity index (χ2n) is 2.16. The molecule has 0 aromatic carbocycles. The molecule has 3 nitrogen and oxygen atoms in total. The number of halogens is 7. The summed E-state index contributed by atoms with van der Waals surface area (Å²) in [6.45, 7) is 0. The highest BCUT2D eigenvalue weighted by Gasteiger charge is 2.78. The molecule has 2 N–H and O–H groups in total. The van der Waals surface area contributed by atoms with Crippen LogP contribution >= 0.6 is 19.2 Å². The fraction of sp³-hybridized carbons (Fsp3) is 1.00. The first-order valence-corrected chi connectivity index (χ1v) is 4.62. The molecule has 0 unspecified atom stereocenters. The van der Waals surface area contributed by atoms with Gasteiger partial charge in [-0.2, -0.15) is 26.3 Å². The van der Waals surface area contributed by atoms with Crippen LogP contribution in [0.2, 0.25) is 0 Å². The van der Waals surface area contributed by atoms with Crippen LogP contribution < -0.4 is 0 Å². The minimum Gasteiger partial charge on any atom is -0.320 e. The van der Waals surface area contributed by atoms with Crippen LogP contribution in [0.3, 0.4) is 0 Å². The molecule has 11 heteroatoms. The van der Waals surface area contributed by atoms with Crippen molar-refractivity contribution >= 4 is 19.2 Å². The normalized spacial score (nSPS) is 15.8. The predicted molar refractivity (Wildman–Crippen MR) is 32.7 cm³/mol. The summed E-state index contributed by atoms with van der Waals surface area (Å²) in [4.78, 5) is 15.5. The van der Waals surface area contributed by atoms with E-state index in [0.29, 0.717) is 0 Å². The van der Waals surface area contributed by atoms with E-state index >= 15 is 0 Å². The molecule has 0 saturated heterocycles. The van der Waals surface area contributed by atoms with E-state index in [9.17, 15) is 30.9 Å². The van der Waals surface area contributed by atoms with Crippen molar-refractivity contribution in [2.75, 3.05) is 0 Å². The molecule has 0 heterocycles. The molecular formula is C3H2ClF6O3P. The summed E-state index contributed by atoms with van der Waals surface area (Å²) in [5, 5.41) is -5.77. The maximum Gasteiger partial charge on any atom is 0.414 e. The Morgan fingerprint density at radius 1 is 1.00 bits per heavy atom. The Bertz CT molecular complexity index is 268. The first-order valence-electron chi connectivity index (χ1n) is 2.63. The van der Waals surface area contributed by atoms with Crippen molar-refractivity contribution in [3.63, 3.8) is 0 Å². The number of hydrogen-bond donors (Lipinski definition) is 2. The second kappa shape index (κ2) is 3.26. The van der Waals surface area contributed by atoms with E-state index < -0.39 is 24.6 Å². The molecule has 14 heavy (non-hydrogen) atoms. The quantitative estimate of drug-likeness (QED) is 0.468. The van der Waals surface area contributed by atoms with Crippen molar-refractivity contribution in [1.29, 1.82) is 0 Å². The van der Waals surface area contributed by atoms with Gasteiger partial charge in [0, 0.05) is 0 Å². The summed E-state index contributed by atoms with van der Waals surface area (Å²) in [6, 6.07) is 0. The van der Waals surface area contributed by atoms with Crippen molar-refractivity contribution in [3.8, 4) is 0 Å². The van der Waals surface area contributed by atoms with Gasteiger partial charge in [0.15, 0.2) is 0 Å². The zero-order valence-electron chi connectivity index (χ0n) is 5.90. The molecule has 0 aromatic heterocycles. The molecule has 0 atom stereocenters. The minimum atomic E-state index is -6.73. The van der Waals surface area contributed by atoms with Crippen LogP contribution in [0.1, 0.15) is 0 Å². The van der Waals surface area contributed by atoms with Gasteiger partial charge in [0.25, 0.3) is 0 Å². The maximum absolute atomic E-state index is 12.1. The summed E-state index contributed by atoms with van der Waals surface area (Å²) in [6.07, 6.45) is 0. The standard InChI is InChI=1S/C3H2ClF6O3P/c4-2(7,8)1(5,6)3(9,10)14(11,12)13/h(H2,11,12,13). The Morgan fingerprint density at radius 3 is 1.36 bits per heavy atom. The minimum absolute atomic E-state index is 3.61. The van der Waals surface area contributed by atoms with Gasteiger partial charge in [0.1, 0.15) is 0 Å². The lowest BCUT2D eigenvalue weighted by atomic mass is 10.3. The Kier molecular flexibility index (Phi) is 3.27. The van der Waals surface area contributed by atoms with Crippen molar-refractivity contribution in [2.24, 2.45) is 0 Å². The van der Waals surface area contributed by atoms with Gasteiger partial charge < -0.3 is 9.79 Å². The number of alkyl halides is 7. The van der Waals surface area contributed by atoms with Crippen LogP contribution in [0.4, 0.5) is 26.3 Å². The van der Waals surface area contributed by atoms with Crippen molar-refractivity contribution in [2.45, 2.75) is 17.0 Å². The fourth-order valence-electron chi connectivity index (χ4n) is 0.353. The van der Waals surface area contributed by atoms with Gasteiger partial charge >= 0.3 is 24.6 Å². The topological polar surface area (TPSA) is 57.5 Å². The van der Waals surface area contributed by atoms with Crippen LogP contribution in [0.5, 0.6) is 0 Å². The van der Waals surface area contributed by atoms with E-state index in [2.05, 4.69) is 11.6 Å². The zero-order chi connectivity index (χ0) is 12.0. The summed E-state index contributed by atoms with van der Waals surface area (Å²) >= 11 is 3.61. The molecular weight excluding hydrogens is 264 g/mol. The third-order valence-electron chi connectivity index (χ3n) is 1.10. The van der Waals surface area contributed by atoms with E-state index in [1.165, 1.54) is 0 Å². The molecule has 0 radical (unpaired) electrons. The van der Waals surface area contributed by atoms with Gasteiger partial charge in [-0.3, -0.25) is 4.57 Å². The van der Waals surface area contributed by atoms with Gasteiger partial charge in [-0.05, 0) is 11.6 Å². The molecule has 0 fully saturated rings. The highest BCUT2D eigenvalue weighted by molar-refractivity contribution is 7.53. The molecule has 0 spiro atoms. The third-order valence-corrected chi connectivity index (χ3v) is 2.35. The molecule has 0 rings (SSSR count). The van der Waals surface area contributed by atoms with Gasteiger partial charge in [-0.15, -0.1) is 0 Å². The predicted octanol–water partition coefficient (Wildman–Crippen LogP) is 2.22. The lowest BCUT2D eigenvalue weighted by molar-refractivity contribution is -0.250. The monoisotopic (exact) mass is 266 g/mol. The highest BCUT2D eigenvalue weighted by atomic mass is 35.5. The molecule has 0 aliphatic carbocycles. The van der Waals surface area contributed by atoms with Crippen LogP contribution in [0, 0.1) is 0 Å². The lowest BCUT2D eigenvalue weighted by Gasteiger charge is -2.29. The molecule has 86 valence electrons. The Morgan fingerprint density at radius 2 is 1.29 bits per heavy atom. The molecule has 0 aliphatic rings. The maximum atomic E-state index is 12.1. The van der Waals surface area contributed by atoms with Crippen molar-refractivity contribution < 1.29 is 40.7 Å². The van der Waals surface area contributed by atoms with E-state index in [1.807, 2.05) is 0 Å². The van der Waals surface area contributed by atoms with Gasteiger partial charge in [0.05, 0.1) is 0 Å². The summed E-state index contributed by atoms with van der Waals surface area (Å²) in [5.74, 6) is -6.35. The highest BCUT2D eigenvalue weighted by Crippen LogP contribution is 2.64. The Hall–Kier alpha value is 0.0200. The van der Waals surface area contributed by atoms with Crippen LogP contribution in [-0.4, -0.2) is 26.8 Å². The summed E-state index contributed by atoms with van der Waals surface area (Å²) < 4.78 is 81.7. The third kappa shape index (κ3) is 2.00.